The summed E-state index contributed by atoms with van der Waals surface area (Å²) in [7, 11) is 0. The van der Waals surface area contributed by atoms with E-state index in [1.807, 2.05) is 6.08 Å². The molecule has 0 N–H and O–H groups in total. The van der Waals surface area contributed by atoms with Crippen LogP contribution in [0.5, 0.6) is 0 Å². The second-order valence-corrected chi connectivity index (χ2v) is 2.07. The fraction of sp³-hybridized carbons (Fsp3) is 0.667. The number of carbonyl (C=O) groups is 1. The van der Waals surface area contributed by atoms with Crippen molar-refractivity contribution in [2.75, 3.05) is 6.61 Å². The molecule has 0 amide bonds. The van der Waals surface area contributed by atoms with Gasteiger partial charge in [-0.15, -0.1) is 0 Å². The summed E-state index contributed by atoms with van der Waals surface area (Å²) < 4.78 is 18.6. The van der Waals surface area contributed by atoms with Crippen LogP contribution < -0.4 is 0 Å². The molecule has 0 aromatic heterocycles. The van der Waals surface area contributed by atoms with Crippen molar-refractivity contribution in [2.24, 2.45) is 0 Å². The Hall–Kier alpha value is -0.790. The molecule has 2 nitrogen and oxygen atoms in total. The molecule has 0 saturated heterocycles. The molecular weight excluding hydrogens is 140 g/mol. The Balaban J connectivity index is 3.25. The van der Waals surface area contributed by atoms with E-state index in [0.717, 1.165) is 0 Å². The lowest BCUT2D eigenvalue weighted by Crippen LogP contribution is -2.02. The number of esters is 1. The van der Waals surface area contributed by atoms with Gasteiger partial charge in [0.1, 0.15) is 0 Å². The van der Waals surface area contributed by atoms with Crippen LogP contribution in [0.4, 0.5) is 0 Å². The minimum atomic E-state index is -0.797. The summed E-state index contributed by atoms with van der Waals surface area (Å²) in [6, 6.07) is 0. The van der Waals surface area contributed by atoms with Crippen LogP contribution in [0.1, 0.15) is 35.8 Å². The van der Waals surface area contributed by atoms with Crippen molar-refractivity contribution in [3.63, 3.8) is 0 Å². The van der Waals surface area contributed by atoms with Crippen molar-refractivity contribution < 1.29 is 12.3 Å². The third kappa shape index (κ3) is 7.10. The molecule has 11 heavy (non-hydrogen) atoms. The molecule has 0 aliphatic rings. The highest BCUT2D eigenvalue weighted by molar-refractivity contribution is 5.68. The van der Waals surface area contributed by atoms with Gasteiger partial charge in [0.2, 0.25) is 0 Å². The lowest BCUT2D eigenvalue weighted by molar-refractivity contribution is -0.143. The Bertz CT molecular complexity index is 167. The van der Waals surface area contributed by atoms with Crippen molar-refractivity contribution in [3.05, 3.63) is 12.2 Å². The van der Waals surface area contributed by atoms with Gasteiger partial charge < -0.3 is 4.74 Å². The van der Waals surface area contributed by atoms with Crippen LogP contribution in [0.3, 0.4) is 0 Å². The monoisotopic (exact) mass is 158 g/mol. The number of ether oxygens (including phenoxy) is 1. The molecular formula is C9H16O2. The second-order valence-electron chi connectivity index (χ2n) is 2.07. The highest BCUT2D eigenvalue weighted by atomic mass is 16.5. The summed E-state index contributed by atoms with van der Waals surface area (Å²) in [6.07, 6.45) is 5.11. The molecule has 0 aliphatic carbocycles. The van der Waals surface area contributed by atoms with E-state index in [0.29, 0.717) is 25.9 Å². The van der Waals surface area contributed by atoms with Gasteiger partial charge in [0.05, 0.1) is 6.61 Å². The van der Waals surface area contributed by atoms with E-state index < -0.39 is 6.88 Å². The molecule has 64 valence electrons. The number of hydrogen-bond donors (Lipinski definition) is 0. The van der Waals surface area contributed by atoms with Crippen molar-refractivity contribution in [2.45, 2.75) is 33.1 Å². The highest BCUT2D eigenvalue weighted by Crippen LogP contribution is 1.90. The minimum Gasteiger partial charge on any atom is -0.465 e. The third-order valence-corrected chi connectivity index (χ3v) is 1.14. The summed E-state index contributed by atoms with van der Waals surface area (Å²) in [4.78, 5) is 10.6. The molecule has 0 bridgehead atoms. The molecule has 0 heterocycles. The van der Waals surface area contributed by atoms with Gasteiger partial charge in [-0.25, -0.2) is 0 Å². The standard InChI is InChI=1S/C9H16O2/c1-3-5-6-7-8-11-9(10)4-2/h5-6H,3-4,7-8H2,1-2H3/b6-5+/i1D2. The molecule has 0 fully saturated rings. The summed E-state index contributed by atoms with van der Waals surface area (Å²) >= 11 is 0. The summed E-state index contributed by atoms with van der Waals surface area (Å²) in [5, 5.41) is 0. The first kappa shape index (κ1) is 6.89. The first-order chi connectivity index (χ1) is 6.16. The van der Waals surface area contributed by atoms with Gasteiger partial charge >= 0.3 is 5.97 Å². The van der Waals surface area contributed by atoms with Crippen molar-refractivity contribution >= 4 is 5.97 Å². The molecule has 0 rings (SSSR count). The van der Waals surface area contributed by atoms with Crippen LogP contribution in [0.25, 0.3) is 0 Å². The molecule has 0 saturated carbocycles. The molecule has 0 atom stereocenters. The maximum absolute atomic E-state index is 10.6. The fourth-order valence-electron chi connectivity index (χ4n) is 0.557. The van der Waals surface area contributed by atoms with E-state index in [1.54, 1.807) is 13.0 Å². The number of rotatable bonds is 5. The summed E-state index contributed by atoms with van der Waals surface area (Å²) in [5.74, 6) is -0.188. The smallest absolute Gasteiger partial charge is 0.305 e. The molecule has 0 aromatic rings. The molecule has 0 unspecified atom stereocenters. The lowest BCUT2D eigenvalue weighted by atomic mass is 10.3. The number of carbonyl (C=O) groups excluding carboxylic acids is 1. The number of hydrogen-bond acceptors (Lipinski definition) is 2. The van der Waals surface area contributed by atoms with Crippen molar-refractivity contribution in [1.29, 1.82) is 0 Å². The minimum absolute atomic E-state index is 0.188. The van der Waals surface area contributed by atoms with Gasteiger partial charge in [-0.05, 0) is 12.8 Å². The van der Waals surface area contributed by atoms with Crippen LogP contribution in [0, 0.1) is 0 Å². The van der Waals surface area contributed by atoms with Crippen molar-refractivity contribution in [1.82, 2.24) is 0 Å². The predicted molar refractivity (Wildman–Crippen MR) is 45.3 cm³/mol. The van der Waals surface area contributed by atoms with Gasteiger partial charge in [-0.2, -0.15) is 0 Å². The molecule has 0 aliphatic heterocycles. The molecule has 0 radical (unpaired) electrons. The van der Waals surface area contributed by atoms with Gasteiger partial charge in [0.25, 0.3) is 0 Å². The van der Waals surface area contributed by atoms with Crippen LogP contribution >= 0.6 is 0 Å². The van der Waals surface area contributed by atoms with Crippen LogP contribution in [-0.4, -0.2) is 12.6 Å². The average Bonchev–Trinajstić information content (AvgIpc) is 2.10. The molecule has 0 aromatic carbocycles. The van der Waals surface area contributed by atoms with Crippen LogP contribution in [0.2, 0.25) is 0 Å². The third-order valence-electron chi connectivity index (χ3n) is 1.14. The Morgan fingerprint density at radius 2 is 2.45 bits per heavy atom. The predicted octanol–water partition coefficient (Wildman–Crippen LogP) is 2.30. The van der Waals surface area contributed by atoms with Gasteiger partial charge in [0.15, 0.2) is 0 Å². The van der Waals surface area contributed by atoms with E-state index >= 15 is 0 Å². The maximum Gasteiger partial charge on any atom is 0.305 e. The molecule has 2 heteroatoms. The van der Waals surface area contributed by atoms with E-state index in [-0.39, 0.29) is 5.97 Å². The largest absolute Gasteiger partial charge is 0.465 e. The normalized spacial score (nSPS) is 13.3. The molecule has 0 spiro atoms. The Kier molecular flexibility index (Phi) is 4.59. The van der Waals surface area contributed by atoms with E-state index in [9.17, 15) is 4.79 Å². The van der Waals surface area contributed by atoms with Crippen LogP contribution in [-0.2, 0) is 9.53 Å². The number of allylic oxidation sites excluding steroid dienone is 1. The summed E-state index contributed by atoms with van der Waals surface area (Å²) in [6.45, 7) is 1.35. The first-order valence-corrected chi connectivity index (χ1v) is 3.82. The average molecular weight is 158 g/mol. The van der Waals surface area contributed by atoms with Crippen LogP contribution in [0.15, 0.2) is 12.2 Å². The zero-order valence-electron chi connectivity index (χ0n) is 8.88. The van der Waals surface area contributed by atoms with Gasteiger partial charge in [-0.1, -0.05) is 26.0 Å². The van der Waals surface area contributed by atoms with E-state index in [1.165, 1.54) is 0 Å². The second kappa shape index (κ2) is 7.32. The maximum atomic E-state index is 10.6. The van der Waals surface area contributed by atoms with E-state index in [4.69, 9.17) is 7.48 Å². The SMILES string of the molecule is [2H]C([2H])C/C=C/CCOC(=O)CC. The zero-order chi connectivity index (χ0) is 10.1. The Morgan fingerprint density at radius 1 is 1.64 bits per heavy atom. The topological polar surface area (TPSA) is 26.3 Å². The fourth-order valence-corrected chi connectivity index (χ4v) is 0.557. The van der Waals surface area contributed by atoms with Gasteiger partial charge in [-0.3, -0.25) is 4.79 Å². The Morgan fingerprint density at radius 3 is 3.09 bits per heavy atom. The lowest BCUT2D eigenvalue weighted by Gasteiger charge is -1.98. The quantitative estimate of drug-likeness (QED) is 0.348. The highest BCUT2D eigenvalue weighted by Gasteiger charge is 1.94. The summed E-state index contributed by atoms with van der Waals surface area (Å²) in [5.41, 5.74) is 0. The zero-order valence-corrected chi connectivity index (χ0v) is 6.88. The van der Waals surface area contributed by atoms with E-state index in [2.05, 4.69) is 0 Å². The van der Waals surface area contributed by atoms with Gasteiger partial charge in [0, 0.05) is 9.16 Å². The Labute approximate surface area is 71.1 Å². The van der Waals surface area contributed by atoms with Crippen molar-refractivity contribution in [3.8, 4) is 0 Å². The first-order valence-electron chi connectivity index (χ1n) is 4.97.